The number of fused-ring (bicyclic) bond motifs is 1. The van der Waals surface area contributed by atoms with Crippen molar-refractivity contribution in [3.8, 4) is 0 Å². The first-order valence-electron chi connectivity index (χ1n) is 9.21. The third-order valence-corrected chi connectivity index (χ3v) is 5.89. The summed E-state index contributed by atoms with van der Waals surface area (Å²) in [5.74, 6) is -0.827. The Bertz CT molecular complexity index is 942. The second-order valence-electron chi connectivity index (χ2n) is 7.04. The molecular weight excluding hydrogens is 422 g/mol. The van der Waals surface area contributed by atoms with Crippen molar-refractivity contribution < 1.29 is 14.4 Å². The lowest BCUT2D eigenvalue weighted by Crippen LogP contribution is -2.52. The summed E-state index contributed by atoms with van der Waals surface area (Å²) in [7, 11) is 0. The highest BCUT2D eigenvalue weighted by atomic mass is 79.9. The van der Waals surface area contributed by atoms with Gasteiger partial charge in [-0.3, -0.25) is 19.7 Å². The molecule has 0 bridgehead atoms. The van der Waals surface area contributed by atoms with Crippen LogP contribution in [0.5, 0.6) is 0 Å². The van der Waals surface area contributed by atoms with Crippen molar-refractivity contribution in [1.29, 1.82) is 0 Å². The third kappa shape index (κ3) is 3.54. The normalized spacial score (nSPS) is 18.8. The van der Waals surface area contributed by atoms with Gasteiger partial charge in [-0.1, -0.05) is 46.3 Å². The molecule has 1 saturated heterocycles. The Labute approximate surface area is 171 Å². The Morgan fingerprint density at radius 2 is 1.82 bits per heavy atom. The van der Waals surface area contributed by atoms with Crippen LogP contribution < -0.4 is 10.6 Å². The highest BCUT2D eigenvalue weighted by molar-refractivity contribution is 9.08. The summed E-state index contributed by atoms with van der Waals surface area (Å²) in [4.78, 5) is 38.0. The lowest BCUT2D eigenvalue weighted by Gasteiger charge is -2.29. The number of nitrogens with one attached hydrogen (secondary N) is 2. The summed E-state index contributed by atoms with van der Waals surface area (Å²) < 4.78 is 0. The molecule has 2 aliphatic rings. The molecule has 3 amide bonds. The molecule has 1 fully saturated rings. The summed E-state index contributed by atoms with van der Waals surface area (Å²) in [6, 6.07) is 13.3. The molecule has 1 unspecified atom stereocenters. The molecule has 7 heteroatoms. The summed E-state index contributed by atoms with van der Waals surface area (Å²) >= 11 is 3.44. The highest BCUT2D eigenvalue weighted by Crippen LogP contribution is 2.32. The van der Waals surface area contributed by atoms with Crippen LogP contribution in [0.1, 0.15) is 39.9 Å². The van der Waals surface area contributed by atoms with E-state index in [1.54, 1.807) is 11.0 Å². The van der Waals surface area contributed by atoms with E-state index in [9.17, 15) is 14.4 Å². The molecule has 0 radical (unpaired) electrons. The van der Waals surface area contributed by atoms with Gasteiger partial charge in [0.2, 0.25) is 11.8 Å². The minimum Gasteiger partial charge on any atom is -0.381 e. The third-order valence-electron chi connectivity index (χ3n) is 5.24. The fourth-order valence-electron chi connectivity index (χ4n) is 3.69. The first-order valence-corrected chi connectivity index (χ1v) is 10.3. The number of anilines is 1. The highest BCUT2D eigenvalue weighted by Gasteiger charge is 2.39. The van der Waals surface area contributed by atoms with Crippen molar-refractivity contribution in [1.82, 2.24) is 10.2 Å². The van der Waals surface area contributed by atoms with Gasteiger partial charge in [-0.25, -0.2) is 0 Å². The number of halogens is 1. The van der Waals surface area contributed by atoms with E-state index in [0.29, 0.717) is 25.1 Å². The molecule has 1 atom stereocenters. The average Bonchev–Trinajstić information content (AvgIpc) is 3.04. The fourth-order valence-corrected chi connectivity index (χ4v) is 4.07. The van der Waals surface area contributed by atoms with Gasteiger partial charge in [-0.2, -0.15) is 0 Å². The molecule has 2 N–H and O–H groups in total. The maximum atomic E-state index is 12.8. The molecule has 28 heavy (non-hydrogen) atoms. The molecule has 2 aliphatic heterocycles. The van der Waals surface area contributed by atoms with Crippen molar-refractivity contribution in [2.45, 2.75) is 37.3 Å². The molecule has 0 spiro atoms. The van der Waals surface area contributed by atoms with Gasteiger partial charge in [0.1, 0.15) is 6.04 Å². The number of alkyl halides is 1. The molecule has 6 nitrogen and oxygen atoms in total. The predicted molar refractivity (Wildman–Crippen MR) is 109 cm³/mol. The Morgan fingerprint density at radius 3 is 2.54 bits per heavy atom. The van der Waals surface area contributed by atoms with E-state index in [1.165, 1.54) is 5.56 Å². The van der Waals surface area contributed by atoms with Crippen molar-refractivity contribution in [2.75, 3.05) is 5.32 Å². The van der Waals surface area contributed by atoms with Gasteiger partial charge in [-0.05, 0) is 29.7 Å². The van der Waals surface area contributed by atoms with E-state index in [0.717, 1.165) is 22.1 Å². The van der Waals surface area contributed by atoms with Crippen molar-refractivity contribution in [3.05, 3.63) is 64.7 Å². The smallest absolute Gasteiger partial charge is 0.255 e. The largest absolute Gasteiger partial charge is 0.381 e. The van der Waals surface area contributed by atoms with Gasteiger partial charge in [0.15, 0.2) is 0 Å². The zero-order valence-electron chi connectivity index (χ0n) is 15.2. The lowest BCUT2D eigenvalue weighted by atomic mass is 10.0. The van der Waals surface area contributed by atoms with Crippen LogP contribution in [0, 0.1) is 0 Å². The molecule has 2 aromatic rings. The number of imide groups is 1. The monoisotopic (exact) mass is 441 g/mol. The Balaban J connectivity index is 1.50. The zero-order valence-corrected chi connectivity index (χ0v) is 16.8. The van der Waals surface area contributed by atoms with Crippen LogP contribution in [0.4, 0.5) is 5.69 Å². The number of carbonyl (C=O) groups excluding carboxylic acids is 3. The van der Waals surface area contributed by atoms with E-state index in [-0.39, 0.29) is 18.2 Å². The van der Waals surface area contributed by atoms with E-state index in [4.69, 9.17) is 0 Å². The molecule has 2 heterocycles. The number of benzene rings is 2. The zero-order chi connectivity index (χ0) is 19.7. The summed E-state index contributed by atoms with van der Waals surface area (Å²) in [6.07, 6.45) is 0.624. The summed E-state index contributed by atoms with van der Waals surface area (Å²) in [6.45, 7) is 1.01. The van der Waals surface area contributed by atoms with E-state index in [2.05, 4.69) is 50.8 Å². The van der Waals surface area contributed by atoms with Crippen LogP contribution >= 0.6 is 15.9 Å². The minimum atomic E-state index is -0.595. The Morgan fingerprint density at radius 1 is 1.07 bits per heavy atom. The van der Waals surface area contributed by atoms with Crippen LogP contribution in [-0.2, 0) is 28.0 Å². The second-order valence-corrected chi connectivity index (χ2v) is 7.60. The average molecular weight is 442 g/mol. The number of rotatable bonds is 5. The van der Waals surface area contributed by atoms with Crippen LogP contribution in [0.15, 0.2) is 42.5 Å². The van der Waals surface area contributed by atoms with E-state index >= 15 is 0 Å². The molecule has 0 aliphatic carbocycles. The van der Waals surface area contributed by atoms with Gasteiger partial charge in [-0.15, -0.1) is 0 Å². The lowest BCUT2D eigenvalue weighted by molar-refractivity contribution is -0.136. The first-order chi connectivity index (χ1) is 13.6. The summed E-state index contributed by atoms with van der Waals surface area (Å²) in [5.41, 5.74) is 4.77. The molecule has 0 aromatic heterocycles. The quantitative estimate of drug-likeness (QED) is 0.552. The SMILES string of the molecule is O=C1CCC(N2Cc3c(NCc4ccc(CBr)cc4)cccc3C2=O)C(=O)N1. The van der Waals surface area contributed by atoms with Crippen molar-refractivity contribution in [3.63, 3.8) is 0 Å². The van der Waals surface area contributed by atoms with Gasteiger partial charge >= 0.3 is 0 Å². The van der Waals surface area contributed by atoms with E-state index < -0.39 is 11.9 Å². The molecule has 0 saturated carbocycles. The molecule has 2 aromatic carbocycles. The van der Waals surface area contributed by atoms with Gasteiger partial charge in [0, 0.05) is 41.7 Å². The predicted octanol–water partition coefficient (Wildman–Crippen LogP) is 2.95. The molecule has 4 rings (SSSR count). The Kier molecular flexibility index (Phi) is 5.17. The van der Waals surface area contributed by atoms with Crippen molar-refractivity contribution >= 4 is 39.3 Å². The maximum absolute atomic E-state index is 12.8. The van der Waals surface area contributed by atoms with E-state index in [1.807, 2.05) is 12.1 Å². The van der Waals surface area contributed by atoms with Crippen LogP contribution in [0.2, 0.25) is 0 Å². The van der Waals surface area contributed by atoms with Crippen LogP contribution in [0.25, 0.3) is 0 Å². The first kappa shape index (κ1) is 18.7. The number of piperidine rings is 1. The second kappa shape index (κ2) is 7.75. The summed E-state index contributed by atoms with van der Waals surface area (Å²) in [5, 5.41) is 6.57. The van der Waals surface area contributed by atoms with Crippen LogP contribution in [0.3, 0.4) is 0 Å². The number of amides is 3. The molecular formula is C21H20BrN3O3. The number of hydrogen-bond donors (Lipinski definition) is 2. The molecule has 144 valence electrons. The minimum absolute atomic E-state index is 0.158. The van der Waals surface area contributed by atoms with Gasteiger partial charge in [0.05, 0.1) is 0 Å². The van der Waals surface area contributed by atoms with Crippen molar-refractivity contribution in [2.24, 2.45) is 0 Å². The maximum Gasteiger partial charge on any atom is 0.255 e. The standard InChI is InChI=1S/C21H20BrN3O3/c22-10-13-4-6-14(7-5-13)11-23-17-3-1-2-15-16(17)12-25(21(15)28)18-8-9-19(26)24-20(18)27/h1-7,18,23H,8-12H2,(H,24,26,27). The van der Waals surface area contributed by atoms with Crippen LogP contribution in [-0.4, -0.2) is 28.7 Å². The number of nitrogens with zero attached hydrogens (tertiary/aromatic N) is 1. The number of carbonyl (C=O) groups is 3. The topological polar surface area (TPSA) is 78.5 Å². The fraction of sp³-hybridized carbons (Fsp3) is 0.286. The number of hydrogen-bond acceptors (Lipinski definition) is 4. The van der Waals surface area contributed by atoms with Gasteiger partial charge < -0.3 is 10.2 Å². The Hall–Kier alpha value is -2.67. The van der Waals surface area contributed by atoms with Gasteiger partial charge in [0.25, 0.3) is 5.91 Å².